The molecule has 2 aromatic carbocycles. The van der Waals surface area contributed by atoms with E-state index in [-0.39, 0.29) is 30.0 Å². The Hall–Kier alpha value is -2.31. The topological polar surface area (TPSA) is 103 Å². The fourth-order valence-electron chi connectivity index (χ4n) is 4.24. The average molecular weight is 537 g/mol. The van der Waals surface area contributed by atoms with Gasteiger partial charge < -0.3 is 24.3 Å². The predicted molar refractivity (Wildman–Crippen MR) is 136 cm³/mol. The fraction of sp³-hybridized carbons (Fsp3) is 0.480. The minimum Gasteiger partial charge on any atom is -0.493 e. The van der Waals surface area contributed by atoms with Gasteiger partial charge >= 0.3 is 0 Å². The van der Waals surface area contributed by atoms with Crippen molar-refractivity contribution in [3.8, 4) is 11.5 Å². The first-order valence-corrected chi connectivity index (χ1v) is 14.3. The second kappa shape index (κ2) is 12.3. The zero-order valence-electron chi connectivity index (χ0n) is 20.5. The number of hydrogen-bond acceptors (Lipinski definition) is 8. The predicted octanol–water partition coefficient (Wildman–Crippen LogP) is 2.93. The first kappa shape index (κ1) is 26.7. The molecule has 2 saturated heterocycles. The number of nitrogens with zero attached hydrogens (tertiary/aromatic N) is 1. The van der Waals surface area contributed by atoms with Crippen LogP contribution in [0.5, 0.6) is 11.5 Å². The van der Waals surface area contributed by atoms with Gasteiger partial charge in [-0.15, -0.1) is 11.8 Å². The zero-order chi connectivity index (χ0) is 25.5. The molecule has 2 aromatic rings. The van der Waals surface area contributed by atoms with Crippen molar-refractivity contribution in [2.45, 2.75) is 34.5 Å². The Labute approximate surface area is 216 Å². The first-order valence-electron chi connectivity index (χ1n) is 11.9. The zero-order valence-corrected chi connectivity index (χ0v) is 22.2. The number of rotatable bonds is 10. The van der Waals surface area contributed by atoms with Crippen molar-refractivity contribution in [2.24, 2.45) is 0 Å². The Kier molecular flexibility index (Phi) is 9.13. The third-order valence-corrected chi connectivity index (χ3v) is 9.20. The number of ether oxygens (including phenoxy) is 4. The van der Waals surface area contributed by atoms with Gasteiger partial charge in [0.25, 0.3) is 5.91 Å². The van der Waals surface area contributed by atoms with Gasteiger partial charge in [-0.25, -0.2) is 8.42 Å². The fourth-order valence-corrected chi connectivity index (χ4v) is 6.68. The summed E-state index contributed by atoms with van der Waals surface area (Å²) in [5, 5.41) is 2.93. The molecule has 1 atom stereocenters. The van der Waals surface area contributed by atoms with Gasteiger partial charge in [-0.05, 0) is 37.1 Å². The van der Waals surface area contributed by atoms with Crippen LogP contribution in [0.2, 0.25) is 0 Å². The van der Waals surface area contributed by atoms with Crippen molar-refractivity contribution < 1.29 is 32.2 Å². The second-order valence-electron chi connectivity index (χ2n) is 8.46. The summed E-state index contributed by atoms with van der Waals surface area (Å²) >= 11 is 1.43. The number of para-hydroxylation sites is 1. The summed E-state index contributed by atoms with van der Waals surface area (Å²) in [7, 11) is -0.582. The van der Waals surface area contributed by atoms with Gasteiger partial charge in [-0.1, -0.05) is 12.1 Å². The van der Waals surface area contributed by atoms with E-state index in [0.29, 0.717) is 54.1 Å². The van der Waals surface area contributed by atoms with Gasteiger partial charge in [0.05, 0.1) is 44.0 Å². The highest BCUT2D eigenvalue weighted by atomic mass is 32.2. The monoisotopic (exact) mass is 536 g/mol. The van der Waals surface area contributed by atoms with Gasteiger partial charge in [0.1, 0.15) is 0 Å². The second-order valence-corrected chi connectivity index (χ2v) is 11.4. The summed E-state index contributed by atoms with van der Waals surface area (Å²) in [6.45, 7) is 2.35. The molecule has 2 aliphatic rings. The Balaban J connectivity index is 1.60. The summed E-state index contributed by atoms with van der Waals surface area (Å²) in [5.74, 6) is 1.42. The Morgan fingerprint density at radius 3 is 2.64 bits per heavy atom. The Bertz CT molecular complexity index is 1160. The van der Waals surface area contributed by atoms with Crippen molar-refractivity contribution in [1.82, 2.24) is 9.62 Å². The molecule has 0 unspecified atom stereocenters. The van der Waals surface area contributed by atoms with E-state index in [1.54, 1.807) is 26.4 Å². The van der Waals surface area contributed by atoms with E-state index in [0.717, 1.165) is 18.4 Å². The van der Waals surface area contributed by atoms with Gasteiger partial charge in [-0.2, -0.15) is 4.31 Å². The number of carbonyl (C=O) groups is 1. The quantitative estimate of drug-likeness (QED) is 0.463. The molecule has 2 heterocycles. The van der Waals surface area contributed by atoms with Crippen molar-refractivity contribution in [3.05, 3.63) is 47.5 Å². The van der Waals surface area contributed by atoms with E-state index in [2.05, 4.69) is 5.32 Å². The molecule has 2 fully saturated rings. The molecule has 196 valence electrons. The van der Waals surface area contributed by atoms with Crippen LogP contribution in [0.25, 0.3) is 0 Å². The average Bonchev–Trinajstić information content (AvgIpc) is 3.44. The van der Waals surface area contributed by atoms with Gasteiger partial charge in [-0.3, -0.25) is 4.79 Å². The number of sulfonamides is 1. The van der Waals surface area contributed by atoms with Crippen molar-refractivity contribution in [1.29, 1.82) is 0 Å². The lowest BCUT2D eigenvalue weighted by Crippen LogP contribution is -2.40. The van der Waals surface area contributed by atoms with Crippen LogP contribution < -0.4 is 14.8 Å². The van der Waals surface area contributed by atoms with E-state index in [1.165, 1.54) is 22.1 Å². The van der Waals surface area contributed by atoms with Crippen LogP contribution in [0, 0.1) is 0 Å². The van der Waals surface area contributed by atoms with E-state index < -0.39 is 10.0 Å². The van der Waals surface area contributed by atoms with Gasteiger partial charge in [0.15, 0.2) is 11.5 Å². The van der Waals surface area contributed by atoms with E-state index in [9.17, 15) is 13.2 Å². The molecule has 0 saturated carbocycles. The van der Waals surface area contributed by atoms with Crippen molar-refractivity contribution >= 4 is 27.7 Å². The Morgan fingerprint density at radius 2 is 1.94 bits per heavy atom. The molecule has 0 radical (unpaired) electrons. The lowest BCUT2D eigenvalue weighted by molar-refractivity contribution is 0.0730. The van der Waals surface area contributed by atoms with Crippen LogP contribution in [0.4, 0.5) is 0 Å². The molecule has 4 rings (SSSR count). The van der Waals surface area contributed by atoms with Crippen molar-refractivity contribution in [2.75, 3.05) is 53.7 Å². The summed E-state index contributed by atoms with van der Waals surface area (Å²) < 4.78 is 49.7. The first-order chi connectivity index (χ1) is 17.4. The molecule has 0 aromatic heterocycles. The maximum atomic E-state index is 13.3. The van der Waals surface area contributed by atoms with Crippen LogP contribution in [0.3, 0.4) is 0 Å². The highest BCUT2D eigenvalue weighted by Crippen LogP contribution is 2.36. The molecular formula is C25H32N2O7S2. The molecule has 1 amide bonds. The SMILES string of the molecule is COc1cccc(CSc2ccc(S(=O)(=O)N3CCOCC3)cc2C(=O)NC[C@H]2CCCO2)c1OC. The maximum Gasteiger partial charge on any atom is 0.252 e. The number of thioether (sulfide) groups is 1. The number of carbonyl (C=O) groups excluding carboxylic acids is 1. The minimum atomic E-state index is -3.75. The number of methoxy groups -OCH3 is 2. The number of amides is 1. The number of morpholine rings is 1. The number of nitrogens with one attached hydrogen (secondary N) is 1. The van der Waals surface area contributed by atoms with Crippen LogP contribution in [-0.2, 0) is 25.2 Å². The molecule has 2 aliphatic heterocycles. The summed E-state index contributed by atoms with van der Waals surface area (Å²) in [4.78, 5) is 14.0. The van der Waals surface area contributed by atoms with Crippen LogP contribution in [0.15, 0.2) is 46.2 Å². The minimum absolute atomic E-state index is 0.0219. The third kappa shape index (κ3) is 6.15. The normalized spacial score (nSPS) is 18.7. The molecular weight excluding hydrogens is 504 g/mol. The van der Waals surface area contributed by atoms with Crippen LogP contribution in [0.1, 0.15) is 28.8 Å². The third-order valence-electron chi connectivity index (χ3n) is 6.19. The number of hydrogen-bond donors (Lipinski definition) is 1. The molecule has 1 N–H and O–H groups in total. The molecule has 11 heteroatoms. The molecule has 36 heavy (non-hydrogen) atoms. The van der Waals surface area contributed by atoms with Crippen LogP contribution in [-0.4, -0.2) is 78.4 Å². The highest BCUT2D eigenvalue weighted by molar-refractivity contribution is 7.98. The highest BCUT2D eigenvalue weighted by Gasteiger charge is 2.28. The molecule has 0 aliphatic carbocycles. The van der Waals surface area contributed by atoms with E-state index in [4.69, 9.17) is 18.9 Å². The largest absolute Gasteiger partial charge is 0.493 e. The summed E-state index contributed by atoms with van der Waals surface area (Å²) in [6, 6.07) is 10.4. The van der Waals surface area contributed by atoms with Gasteiger partial charge in [0.2, 0.25) is 10.0 Å². The standard InChI is InChI=1S/C25H32N2O7S2/c1-31-22-7-3-5-18(24(22)32-2)17-35-23-9-8-20(36(29,30)27-10-13-33-14-11-27)15-21(23)25(28)26-16-19-6-4-12-34-19/h3,5,7-9,15,19H,4,6,10-14,16-17H2,1-2H3,(H,26,28)/t19-/m1/s1. The Morgan fingerprint density at radius 1 is 1.14 bits per heavy atom. The lowest BCUT2D eigenvalue weighted by Gasteiger charge is -2.26. The van der Waals surface area contributed by atoms with Crippen LogP contribution >= 0.6 is 11.8 Å². The van der Waals surface area contributed by atoms with Crippen molar-refractivity contribution in [3.63, 3.8) is 0 Å². The molecule has 0 bridgehead atoms. The lowest BCUT2D eigenvalue weighted by atomic mass is 10.2. The molecule has 9 nitrogen and oxygen atoms in total. The summed E-state index contributed by atoms with van der Waals surface area (Å²) in [5.41, 5.74) is 1.21. The number of benzene rings is 2. The van der Waals surface area contributed by atoms with Gasteiger partial charge in [0, 0.05) is 42.5 Å². The maximum absolute atomic E-state index is 13.3. The summed E-state index contributed by atoms with van der Waals surface area (Å²) in [6.07, 6.45) is 1.84. The van der Waals surface area contributed by atoms with E-state index in [1.807, 2.05) is 18.2 Å². The molecule has 0 spiro atoms. The smallest absolute Gasteiger partial charge is 0.252 e. The van der Waals surface area contributed by atoms with E-state index >= 15 is 0 Å².